The van der Waals surface area contributed by atoms with E-state index in [9.17, 15) is 13.2 Å². The molecule has 0 aliphatic carbocycles. The predicted molar refractivity (Wildman–Crippen MR) is 59.5 cm³/mol. The summed E-state index contributed by atoms with van der Waals surface area (Å²) in [7, 11) is -2.47. The van der Waals surface area contributed by atoms with E-state index in [0.29, 0.717) is 4.47 Å². The van der Waals surface area contributed by atoms with Crippen molar-refractivity contribution in [3.8, 4) is 0 Å². The molecule has 0 saturated heterocycles. The summed E-state index contributed by atoms with van der Waals surface area (Å²) in [5.74, 6) is -1.19. The van der Waals surface area contributed by atoms with Gasteiger partial charge in [-0.25, -0.2) is 8.42 Å². The van der Waals surface area contributed by atoms with Gasteiger partial charge in [0.05, 0.1) is 0 Å². The number of rotatable bonds is 4. The summed E-state index contributed by atoms with van der Waals surface area (Å²) >= 11 is 4.14. The van der Waals surface area contributed by atoms with Crippen molar-refractivity contribution >= 4 is 43.3 Å². The smallest absolute Gasteiger partial charge is 0.318 e. The lowest BCUT2D eigenvalue weighted by Crippen LogP contribution is -2.31. The van der Waals surface area contributed by atoms with Gasteiger partial charge < -0.3 is 5.11 Å². The Kier molecular flexibility index (Phi) is 3.87. The maximum Gasteiger partial charge on any atom is 0.318 e. The SMILES string of the molecule is CN(CC(=O)O)S(=O)(=O)c1sccc1Br. The van der Waals surface area contributed by atoms with Crippen molar-refractivity contribution in [1.29, 1.82) is 0 Å². The van der Waals surface area contributed by atoms with E-state index in [0.717, 1.165) is 15.6 Å². The van der Waals surface area contributed by atoms with Gasteiger partial charge in [-0.1, -0.05) is 0 Å². The maximum atomic E-state index is 11.8. The molecule has 8 heteroatoms. The molecule has 5 nitrogen and oxygen atoms in total. The zero-order valence-corrected chi connectivity index (χ0v) is 10.9. The molecule has 1 aromatic rings. The Morgan fingerprint density at radius 3 is 2.67 bits per heavy atom. The van der Waals surface area contributed by atoms with Crippen molar-refractivity contribution in [3.63, 3.8) is 0 Å². The molecule has 0 saturated carbocycles. The Bertz CT molecular complexity index is 467. The first kappa shape index (κ1) is 12.6. The standard InChI is InChI=1S/C7H8BrNO4S2/c1-9(4-6(10)11)15(12,13)7-5(8)2-3-14-7/h2-3H,4H2,1H3,(H,10,11). The largest absolute Gasteiger partial charge is 0.480 e. The summed E-state index contributed by atoms with van der Waals surface area (Å²) in [6.45, 7) is -0.549. The number of sulfonamides is 1. The van der Waals surface area contributed by atoms with Crippen LogP contribution in [-0.4, -0.2) is 37.4 Å². The fourth-order valence-electron chi connectivity index (χ4n) is 0.881. The number of carboxylic acid groups (broad SMARTS) is 1. The van der Waals surface area contributed by atoms with Crippen molar-refractivity contribution in [2.45, 2.75) is 4.21 Å². The van der Waals surface area contributed by atoms with E-state index >= 15 is 0 Å². The van der Waals surface area contributed by atoms with Crippen molar-refractivity contribution < 1.29 is 18.3 Å². The molecular formula is C7H8BrNO4S2. The molecule has 0 unspecified atom stereocenters. The number of carbonyl (C=O) groups is 1. The molecule has 0 bridgehead atoms. The van der Waals surface area contributed by atoms with Crippen LogP contribution in [-0.2, 0) is 14.8 Å². The maximum absolute atomic E-state index is 11.8. The molecule has 1 aromatic heterocycles. The average molecular weight is 314 g/mol. The topological polar surface area (TPSA) is 74.7 Å². The van der Waals surface area contributed by atoms with Gasteiger partial charge in [-0.3, -0.25) is 4.79 Å². The van der Waals surface area contributed by atoms with Crippen LogP contribution in [0.25, 0.3) is 0 Å². The summed E-state index contributed by atoms with van der Waals surface area (Å²) in [6, 6.07) is 1.60. The number of likely N-dealkylation sites (N-methyl/N-ethyl adjacent to an activating group) is 1. The van der Waals surface area contributed by atoms with Gasteiger partial charge in [-0.05, 0) is 27.4 Å². The molecule has 0 spiro atoms. The Labute approximate surface area is 99.5 Å². The molecule has 0 amide bonds. The first-order valence-corrected chi connectivity index (χ1v) is 6.88. The van der Waals surface area contributed by atoms with Crippen LogP contribution < -0.4 is 0 Å². The molecule has 0 atom stereocenters. The molecule has 0 aromatic carbocycles. The molecule has 1 heterocycles. The fraction of sp³-hybridized carbons (Fsp3) is 0.286. The first-order chi connectivity index (χ1) is 6.85. The van der Waals surface area contributed by atoms with Crippen LogP contribution in [0, 0.1) is 0 Å². The van der Waals surface area contributed by atoms with Gasteiger partial charge in [-0.15, -0.1) is 11.3 Å². The Balaban J connectivity index is 3.04. The predicted octanol–water partition coefficient (Wildman–Crippen LogP) is 1.22. The van der Waals surface area contributed by atoms with Crippen molar-refractivity contribution in [2.24, 2.45) is 0 Å². The van der Waals surface area contributed by atoms with E-state index in [2.05, 4.69) is 15.9 Å². The molecule has 84 valence electrons. The Morgan fingerprint density at radius 2 is 2.27 bits per heavy atom. The second kappa shape index (κ2) is 4.60. The highest BCUT2D eigenvalue weighted by molar-refractivity contribution is 9.10. The quantitative estimate of drug-likeness (QED) is 0.906. The van der Waals surface area contributed by atoms with Gasteiger partial charge in [0.1, 0.15) is 10.8 Å². The highest BCUT2D eigenvalue weighted by atomic mass is 79.9. The highest BCUT2D eigenvalue weighted by Crippen LogP contribution is 2.29. The molecule has 0 aliphatic heterocycles. The number of carboxylic acids is 1. The molecule has 15 heavy (non-hydrogen) atoms. The van der Waals surface area contributed by atoms with Gasteiger partial charge in [-0.2, -0.15) is 4.31 Å². The van der Waals surface area contributed by atoms with E-state index in [1.54, 1.807) is 11.4 Å². The van der Waals surface area contributed by atoms with Crippen molar-refractivity contribution in [2.75, 3.05) is 13.6 Å². The highest BCUT2D eigenvalue weighted by Gasteiger charge is 2.26. The average Bonchev–Trinajstić information content (AvgIpc) is 2.50. The summed E-state index contributed by atoms with van der Waals surface area (Å²) in [5.41, 5.74) is 0. The first-order valence-electron chi connectivity index (χ1n) is 3.77. The van der Waals surface area contributed by atoms with E-state index in [1.807, 2.05) is 0 Å². The summed E-state index contributed by atoms with van der Waals surface area (Å²) in [6.07, 6.45) is 0. The van der Waals surface area contributed by atoms with Crippen molar-refractivity contribution in [1.82, 2.24) is 4.31 Å². The zero-order valence-electron chi connectivity index (χ0n) is 7.68. The van der Waals surface area contributed by atoms with Crippen LogP contribution >= 0.6 is 27.3 Å². The molecule has 0 aliphatic rings. The van der Waals surface area contributed by atoms with Gasteiger partial charge in [0.15, 0.2) is 0 Å². The van der Waals surface area contributed by atoms with Crippen LogP contribution in [0.5, 0.6) is 0 Å². The van der Waals surface area contributed by atoms with Crippen LogP contribution in [0.2, 0.25) is 0 Å². The number of halogens is 1. The van der Waals surface area contributed by atoms with Crippen molar-refractivity contribution in [3.05, 3.63) is 15.9 Å². The van der Waals surface area contributed by atoms with Gasteiger partial charge in [0.2, 0.25) is 0 Å². The second-order valence-corrected chi connectivity index (χ2v) is 6.72. The third-order valence-electron chi connectivity index (χ3n) is 1.59. The van der Waals surface area contributed by atoms with Crippen LogP contribution in [0.4, 0.5) is 0 Å². The van der Waals surface area contributed by atoms with Gasteiger partial charge >= 0.3 is 5.97 Å². The lowest BCUT2D eigenvalue weighted by molar-refractivity contribution is -0.137. The molecule has 1 rings (SSSR count). The van der Waals surface area contributed by atoms with Gasteiger partial charge in [0, 0.05) is 11.5 Å². The molecule has 0 fully saturated rings. The zero-order chi connectivity index (χ0) is 11.6. The van der Waals surface area contributed by atoms with Crippen LogP contribution in [0.3, 0.4) is 0 Å². The minimum atomic E-state index is -3.70. The lowest BCUT2D eigenvalue weighted by Gasteiger charge is -2.13. The summed E-state index contributed by atoms with van der Waals surface area (Å²) in [5, 5.41) is 10.1. The Morgan fingerprint density at radius 1 is 1.67 bits per heavy atom. The summed E-state index contributed by atoms with van der Waals surface area (Å²) < 4.78 is 24.9. The number of nitrogens with zero attached hydrogens (tertiary/aromatic N) is 1. The molecule has 1 N–H and O–H groups in total. The second-order valence-electron chi connectivity index (χ2n) is 2.71. The fourth-order valence-corrected chi connectivity index (χ4v) is 4.50. The number of aliphatic carboxylic acids is 1. The van der Waals surface area contributed by atoms with E-state index in [-0.39, 0.29) is 4.21 Å². The lowest BCUT2D eigenvalue weighted by atomic mass is 10.7. The Hall–Kier alpha value is -0.440. The van der Waals surface area contributed by atoms with E-state index in [1.165, 1.54) is 7.05 Å². The minimum Gasteiger partial charge on any atom is -0.480 e. The third kappa shape index (κ3) is 2.77. The van der Waals surface area contributed by atoms with E-state index < -0.39 is 22.5 Å². The molecule has 0 radical (unpaired) electrons. The van der Waals surface area contributed by atoms with Crippen LogP contribution in [0.15, 0.2) is 20.1 Å². The van der Waals surface area contributed by atoms with E-state index in [4.69, 9.17) is 5.11 Å². The minimum absolute atomic E-state index is 0.117. The molecular weight excluding hydrogens is 306 g/mol. The normalized spacial score (nSPS) is 11.9. The number of thiophene rings is 1. The van der Waals surface area contributed by atoms with Crippen LogP contribution in [0.1, 0.15) is 0 Å². The van der Waals surface area contributed by atoms with Gasteiger partial charge in [0.25, 0.3) is 10.0 Å². The number of hydrogen-bond donors (Lipinski definition) is 1. The third-order valence-corrected chi connectivity index (χ3v) is 6.04. The summed E-state index contributed by atoms with van der Waals surface area (Å²) in [4.78, 5) is 10.4. The monoisotopic (exact) mass is 313 g/mol. The number of hydrogen-bond acceptors (Lipinski definition) is 4.